The van der Waals surface area contributed by atoms with Gasteiger partial charge in [-0.05, 0) is 48.4 Å². The van der Waals surface area contributed by atoms with E-state index in [4.69, 9.17) is 4.98 Å². The van der Waals surface area contributed by atoms with Crippen LogP contribution < -0.4 is 5.32 Å². The molecule has 0 saturated carbocycles. The van der Waals surface area contributed by atoms with E-state index in [9.17, 15) is 4.79 Å². The van der Waals surface area contributed by atoms with Crippen LogP contribution >= 0.6 is 0 Å². The van der Waals surface area contributed by atoms with E-state index in [1.54, 1.807) is 6.92 Å². The molecule has 4 heteroatoms. The first-order valence-corrected chi connectivity index (χ1v) is 9.42. The summed E-state index contributed by atoms with van der Waals surface area (Å²) >= 11 is 0. The van der Waals surface area contributed by atoms with Crippen molar-refractivity contribution in [3.05, 3.63) is 90.3 Å². The van der Waals surface area contributed by atoms with Crippen molar-refractivity contribution in [1.82, 2.24) is 14.9 Å². The molecule has 1 atom stereocenters. The largest absolute Gasteiger partial charge is 0.343 e. The minimum absolute atomic E-state index is 0.156. The average Bonchev–Trinajstić information content (AvgIpc) is 3.06. The predicted molar refractivity (Wildman–Crippen MR) is 114 cm³/mol. The lowest BCUT2D eigenvalue weighted by molar-refractivity contribution is -0.118. The Labute approximate surface area is 164 Å². The van der Waals surface area contributed by atoms with Crippen molar-refractivity contribution in [2.24, 2.45) is 0 Å². The molecule has 0 saturated heterocycles. The summed E-state index contributed by atoms with van der Waals surface area (Å²) < 4.78 is 2.18. The third-order valence-corrected chi connectivity index (χ3v) is 4.96. The molecule has 4 rings (SSSR count). The summed E-state index contributed by atoms with van der Waals surface area (Å²) in [6, 6.07) is 22.7. The number of rotatable bonds is 5. The van der Waals surface area contributed by atoms with Crippen molar-refractivity contribution in [2.45, 2.75) is 26.4 Å². The van der Waals surface area contributed by atoms with Crippen LogP contribution in [0.2, 0.25) is 0 Å². The van der Waals surface area contributed by atoms with Gasteiger partial charge in [0.2, 0.25) is 5.91 Å². The third-order valence-electron chi connectivity index (χ3n) is 4.96. The van der Waals surface area contributed by atoms with Gasteiger partial charge in [-0.25, -0.2) is 4.98 Å². The summed E-state index contributed by atoms with van der Waals surface area (Å²) in [6.45, 7) is 8.08. The molecule has 0 radical (unpaired) electrons. The second-order valence-corrected chi connectivity index (χ2v) is 7.20. The van der Waals surface area contributed by atoms with E-state index in [2.05, 4.69) is 65.0 Å². The molecule has 0 bridgehead atoms. The minimum Gasteiger partial charge on any atom is -0.343 e. The van der Waals surface area contributed by atoms with Crippen LogP contribution in [0.3, 0.4) is 0 Å². The second kappa shape index (κ2) is 7.31. The number of hydrogen-bond acceptors (Lipinski definition) is 2. The van der Waals surface area contributed by atoms with Gasteiger partial charge in [0.1, 0.15) is 5.82 Å². The van der Waals surface area contributed by atoms with Crippen LogP contribution in [-0.4, -0.2) is 15.5 Å². The van der Waals surface area contributed by atoms with Crippen molar-refractivity contribution >= 4 is 27.7 Å². The number of imidazole rings is 1. The number of hydrogen-bond donors (Lipinski definition) is 1. The highest BCUT2D eigenvalue weighted by atomic mass is 16.1. The zero-order valence-corrected chi connectivity index (χ0v) is 16.1. The fourth-order valence-corrected chi connectivity index (χ4v) is 3.49. The van der Waals surface area contributed by atoms with Crippen molar-refractivity contribution < 1.29 is 4.79 Å². The van der Waals surface area contributed by atoms with E-state index < -0.39 is 0 Å². The van der Waals surface area contributed by atoms with Crippen LogP contribution in [0.15, 0.2) is 78.9 Å². The number of fused-ring (bicyclic) bond motifs is 2. The highest BCUT2D eigenvalue weighted by molar-refractivity contribution is 5.92. The molecule has 4 nitrogen and oxygen atoms in total. The summed E-state index contributed by atoms with van der Waals surface area (Å²) in [6.07, 6.45) is 0. The van der Waals surface area contributed by atoms with Crippen LogP contribution in [0.1, 0.15) is 31.3 Å². The molecule has 140 valence electrons. The Bertz CT molecular complexity index is 1190. The van der Waals surface area contributed by atoms with Crippen LogP contribution in [-0.2, 0) is 11.3 Å². The number of benzene rings is 3. The summed E-state index contributed by atoms with van der Waals surface area (Å²) in [4.78, 5) is 16.9. The van der Waals surface area contributed by atoms with Crippen LogP contribution in [0.4, 0.5) is 0 Å². The van der Waals surface area contributed by atoms with Crippen LogP contribution in [0, 0.1) is 0 Å². The van der Waals surface area contributed by atoms with Gasteiger partial charge in [0.05, 0.1) is 17.1 Å². The molecule has 1 aromatic heterocycles. The Hall–Kier alpha value is -3.40. The van der Waals surface area contributed by atoms with Gasteiger partial charge in [-0.15, -0.1) is 0 Å². The van der Waals surface area contributed by atoms with E-state index in [1.165, 1.54) is 16.3 Å². The number of aromatic nitrogens is 2. The molecule has 0 aliphatic carbocycles. The lowest BCUT2D eigenvalue weighted by Gasteiger charge is -2.17. The highest BCUT2D eigenvalue weighted by Gasteiger charge is 2.18. The molecule has 3 aromatic carbocycles. The van der Waals surface area contributed by atoms with E-state index >= 15 is 0 Å². The lowest BCUT2D eigenvalue weighted by atomic mass is 10.1. The average molecular weight is 369 g/mol. The molecule has 1 N–H and O–H groups in total. The molecule has 0 aliphatic heterocycles. The van der Waals surface area contributed by atoms with Gasteiger partial charge >= 0.3 is 0 Å². The van der Waals surface area contributed by atoms with E-state index in [0.717, 1.165) is 16.9 Å². The molecule has 28 heavy (non-hydrogen) atoms. The van der Waals surface area contributed by atoms with Gasteiger partial charge in [0.15, 0.2) is 0 Å². The maximum absolute atomic E-state index is 12.1. The number of para-hydroxylation sites is 2. The molecule has 1 heterocycles. The summed E-state index contributed by atoms with van der Waals surface area (Å²) in [7, 11) is 0. The van der Waals surface area contributed by atoms with Gasteiger partial charge in [-0.3, -0.25) is 4.79 Å². The molecule has 1 unspecified atom stereocenters. The Morgan fingerprint density at radius 1 is 1.07 bits per heavy atom. The maximum Gasteiger partial charge on any atom is 0.246 e. The summed E-state index contributed by atoms with van der Waals surface area (Å²) in [5.41, 5.74) is 3.67. The zero-order chi connectivity index (χ0) is 19.7. The number of nitrogens with one attached hydrogen (secondary N) is 1. The lowest BCUT2D eigenvalue weighted by Crippen LogP contribution is -2.29. The number of amides is 1. The van der Waals surface area contributed by atoms with Crippen LogP contribution in [0.25, 0.3) is 21.8 Å². The standard InChI is InChI=1S/C24H23N3O/c1-16(2)24(28)25-17(3)23-26-21-10-6-7-11-22(21)27(23)15-18-12-13-19-8-4-5-9-20(19)14-18/h4-14,17H,1,15H2,2-3H3,(H,25,28). The Morgan fingerprint density at radius 3 is 2.57 bits per heavy atom. The molecule has 0 fully saturated rings. The first kappa shape index (κ1) is 18.0. The zero-order valence-electron chi connectivity index (χ0n) is 16.1. The molecule has 1 amide bonds. The van der Waals surface area contributed by atoms with Crippen LogP contribution in [0.5, 0.6) is 0 Å². The highest BCUT2D eigenvalue weighted by Crippen LogP contribution is 2.24. The van der Waals surface area contributed by atoms with Crippen molar-refractivity contribution in [1.29, 1.82) is 0 Å². The first-order valence-electron chi connectivity index (χ1n) is 9.42. The molecule has 0 spiro atoms. The predicted octanol–water partition coefficient (Wildman–Crippen LogP) is 4.99. The first-order chi connectivity index (χ1) is 13.5. The number of nitrogens with zero attached hydrogens (tertiary/aromatic N) is 2. The fraction of sp³-hybridized carbons (Fsp3) is 0.167. The monoisotopic (exact) mass is 369 g/mol. The van der Waals surface area contributed by atoms with E-state index in [0.29, 0.717) is 12.1 Å². The van der Waals surface area contributed by atoms with E-state index in [-0.39, 0.29) is 11.9 Å². The third kappa shape index (κ3) is 3.41. The normalized spacial score (nSPS) is 12.2. The fourth-order valence-electron chi connectivity index (χ4n) is 3.49. The molecular formula is C24H23N3O. The van der Waals surface area contributed by atoms with Crippen molar-refractivity contribution in [3.63, 3.8) is 0 Å². The van der Waals surface area contributed by atoms with Crippen molar-refractivity contribution in [3.8, 4) is 0 Å². The Kier molecular flexibility index (Phi) is 4.70. The summed E-state index contributed by atoms with van der Waals surface area (Å²) in [5.74, 6) is 0.681. The minimum atomic E-state index is -0.225. The van der Waals surface area contributed by atoms with E-state index in [1.807, 2.05) is 25.1 Å². The van der Waals surface area contributed by atoms with Crippen molar-refractivity contribution in [2.75, 3.05) is 0 Å². The Balaban J connectivity index is 1.75. The Morgan fingerprint density at radius 2 is 1.79 bits per heavy atom. The number of carbonyl (C=O) groups excluding carboxylic acids is 1. The summed E-state index contributed by atoms with van der Waals surface area (Å²) in [5, 5.41) is 5.43. The maximum atomic E-state index is 12.1. The SMILES string of the molecule is C=C(C)C(=O)NC(C)c1nc2ccccc2n1Cc1ccc2ccccc2c1. The molecular weight excluding hydrogens is 346 g/mol. The smallest absolute Gasteiger partial charge is 0.246 e. The van der Waals surface area contributed by atoms with Gasteiger partial charge in [0, 0.05) is 12.1 Å². The van der Waals surface area contributed by atoms with Gasteiger partial charge in [0.25, 0.3) is 0 Å². The quantitative estimate of drug-likeness (QED) is 0.504. The van der Waals surface area contributed by atoms with Gasteiger partial charge in [-0.1, -0.05) is 55.1 Å². The second-order valence-electron chi connectivity index (χ2n) is 7.20. The van der Waals surface area contributed by atoms with Gasteiger partial charge in [-0.2, -0.15) is 0 Å². The topological polar surface area (TPSA) is 46.9 Å². The van der Waals surface area contributed by atoms with Gasteiger partial charge < -0.3 is 9.88 Å². The number of carbonyl (C=O) groups is 1. The molecule has 4 aromatic rings. The molecule has 0 aliphatic rings.